The molecule has 1 aliphatic heterocycles. The van der Waals surface area contributed by atoms with Crippen LogP contribution in [0.4, 0.5) is 0 Å². The van der Waals surface area contributed by atoms with Crippen LogP contribution in [-0.4, -0.2) is 50.3 Å². The molecule has 0 amide bonds. The van der Waals surface area contributed by atoms with E-state index in [2.05, 4.69) is 24.1 Å². The molecule has 3 heteroatoms. The number of rotatable bonds is 8. The van der Waals surface area contributed by atoms with Crippen molar-refractivity contribution < 1.29 is 4.74 Å². The molecule has 0 spiro atoms. The topological polar surface area (TPSA) is 24.5 Å². The van der Waals surface area contributed by atoms with Gasteiger partial charge in [0.15, 0.2) is 0 Å². The maximum Gasteiger partial charge on any atom is 0.0476 e. The molecule has 3 nitrogen and oxygen atoms in total. The van der Waals surface area contributed by atoms with E-state index < -0.39 is 0 Å². The summed E-state index contributed by atoms with van der Waals surface area (Å²) in [5.74, 6) is 0. The first-order valence-corrected chi connectivity index (χ1v) is 6.74. The van der Waals surface area contributed by atoms with Gasteiger partial charge in [0.05, 0.1) is 0 Å². The lowest BCUT2D eigenvalue weighted by Gasteiger charge is -2.28. The van der Waals surface area contributed by atoms with Gasteiger partial charge in [0, 0.05) is 32.3 Å². The molecular weight excluding hydrogens is 200 g/mol. The summed E-state index contributed by atoms with van der Waals surface area (Å²) < 4.78 is 5.10. The molecular formula is C13H28N2O. The van der Waals surface area contributed by atoms with Crippen LogP contribution in [0.2, 0.25) is 0 Å². The number of nitrogens with one attached hydrogen (secondary N) is 1. The minimum Gasteiger partial charge on any atom is -0.385 e. The third-order valence-corrected chi connectivity index (χ3v) is 3.59. The van der Waals surface area contributed by atoms with Crippen molar-refractivity contribution in [2.75, 3.05) is 33.4 Å². The molecule has 0 aromatic carbocycles. The molecule has 2 unspecified atom stereocenters. The second-order valence-corrected chi connectivity index (χ2v) is 4.90. The van der Waals surface area contributed by atoms with Crippen molar-refractivity contribution in [2.24, 2.45) is 0 Å². The van der Waals surface area contributed by atoms with E-state index in [1.807, 2.05) is 0 Å². The smallest absolute Gasteiger partial charge is 0.0476 e. The second-order valence-electron chi connectivity index (χ2n) is 4.90. The molecule has 16 heavy (non-hydrogen) atoms. The van der Waals surface area contributed by atoms with E-state index in [-0.39, 0.29) is 0 Å². The van der Waals surface area contributed by atoms with Gasteiger partial charge in [-0.25, -0.2) is 0 Å². The van der Waals surface area contributed by atoms with Gasteiger partial charge < -0.3 is 10.1 Å². The Morgan fingerprint density at radius 1 is 1.31 bits per heavy atom. The predicted molar refractivity (Wildman–Crippen MR) is 68.8 cm³/mol. The molecule has 0 saturated carbocycles. The summed E-state index contributed by atoms with van der Waals surface area (Å²) in [6.45, 7) is 9.12. The Hall–Kier alpha value is -0.120. The van der Waals surface area contributed by atoms with Crippen LogP contribution in [0.3, 0.4) is 0 Å². The first-order valence-electron chi connectivity index (χ1n) is 6.74. The lowest BCUT2D eigenvalue weighted by molar-refractivity contribution is 0.179. The fourth-order valence-corrected chi connectivity index (χ4v) is 2.37. The Balaban J connectivity index is 2.17. The van der Waals surface area contributed by atoms with Crippen LogP contribution < -0.4 is 5.32 Å². The zero-order valence-corrected chi connectivity index (χ0v) is 11.2. The lowest BCUT2D eigenvalue weighted by Crippen LogP contribution is -2.43. The molecule has 2 atom stereocenters. The van der Waals surface area contributed by atoms with Crippen LogP contribution in [0.5, 0.6) is 0 Å². The van der Waals surface area contributed by atoms with Gasteiger partial charge in [0.2, 0.25) is 0 Å². The summed E-state index contributed by atoms with van der Waals surface area (Å²) in [5, 5.41) is 3.62. The van der Waals surface area contributed by atoms with Crippen LogP contribution in [0, 0.1) is 0 Å². The zero-order valence-electron chi connectivity index (χ0n) is 11.2. The number of hydrogen-bond donors (Lipinski definition) is 1. The Bertz CT molecular complexity index is 169. The molecule has 0 radical (unpaired) electrons. The van der Waals surface area contributed by atoms with Crippen molar-refractivity contribution in [2.45, 2.75) is 51.6 Å². The van der Waals surface area contributed by atoms with E-state index in [0.717, 1.165) is 25.6 Å². The highest BCUT2D eigenvalue weighted by Gasteiger charge is 2.20. The monoisotopic (exact) mass is 228 g/mol. The summed E-state index contributed by atoms with van der Waals surface area (Å²) in [6, 6.07) is 1.30. The van der Waals surface area contributed by atoms with Crippen molar-refractivity contribution in [3.8, 4) is 0 Å². The van der Waals surface area contributed by atoms with Crippen molar-refractivity contribution in [1.82, 2.24) is 10.2 Å². The first-order chi connectivity index (χ1) is 7.77. The molecule has 1 N–H and O–H groups in total. The number of likely N-dealkylation sites (tertiary alicyclic amines) is 1. The number of hydrogen-bond acceptors (Lipinski definition) is 3. The van der Waals surface area contributed by atoms with Gasteiger partial charge >= 0.3 is 0 Å². The number of ether oxygens (including phenoxy) is 1. The van der Waals surface area contributed by atoms with Crippen LogP contribution in [0.25, 0.3) is 0 Å². The van der Waals surface area contributed by atoms with Crippen LogP contribution in [0.1, 0.15) is 39.5 Å². The third-order valence-electron chi connectivity index (χ3n) is 3.59. The molecule has 96 valence electrons. The molecule has 1 rings (SSSR count). The van der Waals surface area contributed by atoms with Crippen molar-refractivity contribution in [3.05, 3.63) is 0 Å². The average Bonchev–Trinajstić information content (AvgIpc) is 2.81. The molecule has 0 aliphatic carbocycles. The Morgan fingerprint density at radius 2 is 2.00 bits per heavy atom. The highest BCUT2D eigenvalue weighted by Crippen LogP contribution is 2.13. The third kappa shape index (κ3) is 4.81. The fraction of sp³-hybridized carbons (Fsp3) is 1.00. The molecule has 1 aliphatic rings. The van der Waals surface area contributed by atoms with Crippen LogP contribution >= 0.6 is 0 Å². The first kappa shape index (κ1) is 13.9. The standard InChI is InChI=1S/C13H28N2O/c1-4-13(15-8-5-6-9-15)11-14-12(2)7-10-16-3/h12-14H,4-11H2,1-3H3. The van der Waals surface area contributed by atoms with Gasteiger partial charge in [-0.05, 0) is 45.7 Å². The van der Waals surface area contributed by atoms with Crippen molar-refractivity contribution in [3.63, 3.8) is 0 Å². The fourth-order valence-electron chi connectivity index (χ4n) is 2.37. The molecule has 0 bridgehead atoms. The predicted octanol–water partition coefficient (Wildman–Crippen LogP) is 1.88. The Labute approximate surface area is 101 Å². The maximum atomic E-state index is 5.10. The molecule has 1 fully saturated rings. The number of methoxy groups -OCH3 is 1. The summed E-state index contributed by atoms with van der Waals surface area (Å²) >= 11 is 0. The van der Waals surface area contributed by atoms with Crippen molar-refractivity contribution >= 4 is 0 Å². The summed E-state index contributed by atoms with van der Waals surface area (Å²) in [7, 11) is 1.77. The maximum absolute atomic E-state index is 5.10. The normalized spacial score (nSPS) is 21.2. The summed E-state index contributed by atoms with van der Waals surface area (Å²) in [6.07, 6.45) is 5.13. The van der Waals surface area contributed by atoms with E-state index >= 15 is 0 Å². The Kier molecular flexibility index (Phi) is 7.01. The number of nitrogens with zero attached hydrogens (tertiary/aromatic N) is 1. The summed E-state index contributed by atoms with van der Waals surface area (Å²) in [4.78, 5) is 2.63. The largest absolute Gasteiger partial charge is 0.385 e. The molecule has 0 aromatic rings. The Morgan fingerprint density at radius 3 is 2.56 bits per heavy atom. The van der Waals surface area contributed by atoms with Gasteiger partial charge in [-0.2, -0.15) is 0 Å². The highest BCUT2D eigenvalue weighted by molar-refractivity contribution is 4.78. The van der Waals surface area contributed by atoms with E-state index in [1.54, 1.807) is 7.11 Å². The van der Waals surface area contributed by atoms with Gasteiger partial charge in [-0.1, -0.05) is 6.92 Å². The van der Waals surface area contributed by atoms with Gasteiger partial charge in [0.1, 0.15) is 0 Å². The van der Waals surface area contributed by atoms with Gasteiger partial charge in [0.25, 0.3) is 0 Å². The second kappa shape index (κ2) is 8.04. The van der Waals surface area contributed by atoms with Crippen LogP contribution in [0.15, 0.2) is 0 Å². The highest BCUT2D eigenvalue weighted by atomic mass is 16.5. The molecule has 1 heterocycles. The SMILES string of the molecule is CCC(CNC(C)CCOC)N1CCCC1. The van der Waals surface area contributed by atoms with E-state index in [1.165, 1.54) is 32.4 Å². The van der Waals surface area contributed by atoms with E-state index in [9.17, 15) is 0 Å². The minimum atomic E-state index is 0.566. The van der Waals surface area contributed by atoms with E-state index in [4.69, 9.17) is 4.74 Å². The van der Waals surface area contributed by atoms with Gasteiger partial charge in [-0.3, -0.25) is 4.90 Å². The van der Waals surface area contributed by atoms with Crippen LogP contribution in [-0.2, 0) is 4.74 Å². The lowest BCUT2D eigenvalue weighted by atomic mass is 10.1. The minimum absolute atomic E-state index is 0.566. The molecule has 1 saturated heterocycles. The van der Waals surface area contributed by atoms with Crippen molar-refractivity contribution in [1.29, 1.82) is 0 Å². The zero-order chi connectivity index (χ0) is 11.8. The van der Waals surface area contributed by atoms with E-state index in [0.29, 0.717) is 6.04 Å². The average molecular weight is 228 g/mol. The summed E-state index contributed by atoms with van der Waals surface area (Å²) in [5.41, 5.74) is 0. The van der Waals surface area contributed by atoms with Gasteiger partial charge in [-0.15, -0.1) is 0 Å². The quantitative estimate of drug-likeness (QED) is 0.686. The molecule has 0 aromatic heterocycles.